The molecule has 31 heavy (non-hydrogen) atoms. The lowest BCUT2D eigenvalue weighted by atomic mass is 9.91. The molecular weight excluding hydrogens is 414 g/mol. The third kappa shape index (κ3) is 4.62. The van der Waals surface area contributed by atoms with Gasteiger partial charge in [-0.05, 0) is 54.8 Å². The van der Waals surface area contributed by atoms with E-state index >= 15 is 0 Å². The third-order valence-corrected chi connectivity index (χ3v) is 7.20. The third-order valence-electron chi connectivity index (χ3n) is 5.32. The monoisotopic (exact) mass is 437 g/mol. The SMILES string of the molecule is CC(=O)Nc1ccc(S(=O)(=O)N2CCCC(c3ncncc3-c3ccncc3)C2)cc1. The number of rotatable bonds is 5. The summed E-state index contributed by atoms with van der Waals surface area (Å²) >= 11 is 0. The predicted molar refractivity (Wildman–Crippen MR) is 117 cm³/mol. The van der Waals surface area contributed by atoms with Crippen molar-refractivity contribution in [3.63, 3.8) is 0 Å². The number of amides is 1. The molecule has 1 atom stereocenters. The van der Waals surface area contributed by atoms with Crippen molar-refractivity contribution < 1.29 is 13.2 Å². The Morgan fingerprint density at radius 1 is 1.10 bits per heavy atom. The number of carbonyl (C=O) groups excluding carboxylic acids is 1. The van der Waals surface area contributed by atoms with Crippen molar-refractivity contribution in [2.75, 3.05) is 18.4 Å². The number of carbonyl (C=O) groups is 1. The van der Waals surface area contributed by atoms with Gasteiger partial charge in [-0.25, -0.2) is 18.4 Å². The van der Waals surface area contributed by atoms with Crippen molar-refractivity contribution in [1.29, 1.82) is 0 Å². The molecule has 0 aliphatic carbocycles. The number of benzene rings is 1. The summed E-state index contributed by atoms with van der Waals surface area (Å²) in [5.41, 5.74) is 3.26. The summed E-state index contributed by atoms with van der Waals surface area (Å²) in [6.45, 7) is 2.22. The van der Waals surface area contributed by atoms with Gasteiger partial charge in [0.25, 0.3) is 0 Å². The molecule has 1 aliphatic rings. The molecule has 1 aliphatic heterocycles. The Morgan fingerprint density at radius 2 is 1.84 bits per heavy atom. The van der Waals surface area contributed by atoms with E-state index in [1.165, 1.54) is 29.7 Å². The lowest BCUT2D eigenvalue weighted by Crippen LogP contribution is -2.39. The first-order valence-electron chi connectivity index (χ1n) is 10.0. The van der Waals surface area contributed by atoms with Crippen LogP contribution in [0.1, 0.15) is 31.4 Å². The highest BCUT2D eigenvalue weighted by Gasteiger charge is 2.32. The molecule has 0 bridgehead atoms. The van der Waals surface area contributed by atoms with Crippen LogP contribution in [-0.2, 0) is 14.8 Å². The van der Waals surface area contributed by atoms with E-state index in [0.717, 1.165) is 29.7 Å². The molecule has 1 aromatic carbocycles. The molecule has 160 valence electrons. The zero-order chi connectivity index (χ0) is 21.8. The molecule has 1 saturated heterocycles. The Bertz CT molecular complexity index is 1170. The van der Waals surface area contributed by atoms with Gasteiger partial charge in [-0.15, -0.1) is 0 Å². The number of aromatic nitrogens is 3. The van der Waals surface area contributed by atoms with Gasteiger partial charge in [0.2, 0.25) is 15.9 Å². The van der Waals surface area contributed by atoms with Gasteiger partial charge in [-0.3, -0.25) is 9.78 Å². The molecule has 0 radical (unpaired) electrons. The van der Waals surface area contributed by atoms with Crippen molar-refractivity contribution in [2.24, 2.45) is 0 Å². The van der Waals surface area contributed by atoms with Crippen LogP contribution >= 0.6 is 0 Å². The van der Waals surface area contributed by atoms with E-state index < -0.39 is 10.0 Å². The van der Waals surface area contributed by atoms with Gasteiger partial charge in [-0.2, -0.15) is 4.31 Å². The second kappa shape index (κ2) is 8.91. The summed E-state index contributed by atoms with van der Waals surface area (Å²) in [5, 5.41) is 2.65. The van der Waals surface area contributed by atoms with Crippen LogP contribution in [0.3, 0.4) is 0 Å². The number of hydrogen-bond donors (Lipinski definition) is 1. The lowest BCUT2D eigenvalue weighted by molar-refractivity contribution is -0.114. The number of piperidine rings is 1. The zero-order valence-corrected chi connectivity index (χ0v) is 17.9. The van der Waals surface area contributed by atoms with Gasteiger partial charge in [0.15, 0.2) is 0 Å². The van der Waals surface area contributed by atoms with E-state index in [0.29, 0.717) is 18.8 Å². The molecule has 2 aromatic heterocycles. The summed E-state index contributed by atoms with van der Waals surface area (Å²) < 4.78 is 28.0. The molecule has 0 saturated carbocycles. The molecule has 1 N–H and O–H groups in total. The van der Waals surface area contributed by atoms with Crippen LogP contribution in [0.15, 0.2) is 66.2 Å². The highest BCUT2D eigenvalue weighted by atomic mass is 32.2. The maximum absolute atomic E-state index is 13.3. The largest absolute Gasteiger partial charge is 0.326 e. The van der Waals surface area contributed by atoms with Crippen LogP contribution in [0.25, 0.3) is 11.1 Å². The number of hydrogen-bond acceptors (Lipinski definition) is 6. The van der Waals surface area contributed by atoms with Crippen LogP contribution in [0.4, 0.5) is 5.69 Å². The predicted octanol–water partition coefficient (Wildman–Crippen LogP) is 3.07. The Labute approximate surface area is 181 Å². The standard InChI is InChI=1S/C22H23N5O3S/c1-16(28)26-19-4-6-20(7-5-19)31(29,30)27-12-2-3-18(14-27)22-21(13-24-15-25-22)17-8-10-23-11-9-17/h4-11,13,15,18H,2-3,12,14H2,1H3,(H,26,28). The summed E-state index contributed by atoms with van der Waals surface area (Å²) in [6, 6.07) is 10.0. The molecule has 4 rings (SSSR count). The maximum Gasteiger partial charge on any atom is 0.243 e. The highest BCUT2D eigenvalue weighted by Crippen LogP contribution is 2.34. The minimum Gasteiger partial charge on any atom is -0.326 e. The normalized spacial score (nSPS) is 17.3. The highest BCUT2D eigenvalue weighted by molar-refractivity contribution is 7.89. The van der Waals surface area contributed by atoms with Crippen molar-refractivity contribution in [3.05, 3.63) is 67.0 Å². The molecule has 1 fully saturated rings. The van der Waals surface area contributed by atoms with E-state index in [9.17, 15) is 13.2 Å². The molecule has 1 amide bonds. The van der Waals surface area contributed by atoms with Crippen LogP contribution in [-0.4, -0.2) is 46.7 Å². The Hall–Kier alpha value is -3.17. The van der Waals surface area contributed by atoms with Crippen molar-refractivity contribution in [3.8, 4) is 11.1 Å². The molecule has 9 heteroatoms. The summed E-state index contributed by atoms with van der Waals surface area (Å²) in [4.78, 5) is 24.1. The molecule has 3 aromatic rings. The van der Waals surface area contributed by atoms with Gasteiger partial charge in [-0.1, -0.05) is 0 Å². The van der Waals surface area contributed by atoms with Crippen LogP contribution < -0.4 is 5.32 Å². The zero-order valence-electron chi connectivity index (χ0n) is 17.1. The second-order valence-corrected chi connectivity index (χ2v) is 9.40. The van der Waals surface area contributed by atoms with E-state index in [-0.39, 0.29) is 16.7 Å². The van der Waals surface area contributed by atoms with E-state index in [4.69, 9.17) is 0 Å². The molecule has 0 spiro atoms. The van der Waals surface area contributed by atoms with Crippen LogP contribution in [0.2, 0.25) is 0 Å². The summed E-state index contributed by atoms with van der Waals surface area (Å²) in [7, 11) is -3.66. The molecular formula is C22H23N5O3S. The fourth-order valence-corrected chi connectivity index (χ4v) is 5.39. The Kier molecular flexibility index (Phi) is 6.06. The summed E-state index contributed by atoms with van der Waals surface area (Å²) in [6.07, 6.45) is 8.30. The van der Waals surface area contributed by atoms with E-state index in [2.05, 4.69) is 20.3 Å². The van der Waals surface area contributed by atoms with E-state index in [1.54, 1.807) is 30.7 Å². The first-order valence-corrected chi connectivity index (χ1v) is 11.5. The Morgan fingerprint density at radius 3 is 2.55 bits per heavy atom. The molecule has 1 unspecified atom stereocenters. The van der Waals surface area contributed by atoms with Crippen molar-refractivity contribution in [1.82, 2.24) is 19.3 Å². The van der Waals surface area contributed by atoms with E-state index in [1.807, 2.05) is 12.1 Å². The van der Waals surface area contributed by atoms with Crippen molar-refractivity contribution in [2.45, 2.75) is 30.6 Å². The lowest BCUT2D eigenvalue weighted by Gasteiger charge is -2.32. The van der Waals surface area contributed by atoms with Gasteiger partial charge >= 0.3 is 0 Å². The van der Waals surface area contributed by atoms with Crippen LogP contribution in [0, 0.1) is 0 Å². The average Bonchev–Trinajstić information content (AvgIpc) is 2.80. The Balaban J connectivity index is 1.59. The van der Waals surface area contributed by atoms with Crippen LogP contribution in [0.5, 0.6) is 0 Å². The topological polar surface area (TPSA) is 105 Å². The fourth-order valence-electron chi connectivity index (χ4n) is 3.86. The van der Waals surface area contributed by atoms with Gasteiger partial charge in [0, 0.05) is 55.8 Å². The number of pyridine rings is 1. The molecule has 8 nitrogen and oxygen atoms in total. The smallest absolute Gasteiger partial charge is 0.243 e. The first kappa shape index (κ1) is 21.1. The minimum absolute atomic E-state index is 0.0339. The van der Waals surface area contributed by atoms with Gasteiger partial charge in [0.05, 0.1) is 10.6 Å². The minimum atomic E-state index is -3.66. The second-order valence-electron chi connectivity index (χ2n) is 7.47. The number of nitrogens with one attached hydrogen (secondary N) is 1. The average molecular weight is 438 g/mol. The quantitative estimate of drug-likeness (QED) is 0.658. The first-order chi connectivity index (χ1) is 14.9. The fraction of sp³-hybridized carbons (Fsp3) is 0.273. The summed E-state index contributed by atoms with van der Waals surface area (Å²) in [5.74, 6) is -0.238. The number of nitrogens with zero attached hydrogens (tertiary/aromatic N) is 4. The number of sulfonamides is 1. The maximum atomic E-state index is 13.3. The van der Waals surface area contributed by atoms with Crippen molar-refractivity contribution >= 4 is 21.6 Å². The van der Waals surface area contributed by atoms with Gasteiger partial charge in [0.1, 0.15) is 6.33 Å². The van der Waals surface area contributed by atoms with Gasteiger partial charge < -0.3 is 5.32 Å². The number of anilines is 1. The molecule has 3 heterocycles.